The molecular formula is C16H24F2N2. The van der Waals surface area contributed by atoms with Crippen LogP contribution in [-0.4, -0.2) is 37.6 Å². The maximum atomic E-state index is 13.1. The normalized spacial score (nSPS) is 21.9. The molecule has 2 unspecified atom stereocenters. The third kappa shape index (κ3) is 4.53. The lowest BCUT2D eigenvalue weighted by Crippen LogP contribution is -2.43. The highest BCUT2D eigenvalue weighted by molar-refractivity contribution is 5.18. The first-order chi connectivity index (χ1) is 9.54. The number of benzene rings is 1. The topological polar surface area (TPSA) is 15.3 Å². The fourth-order valence-electron chi connectivity index (χ4n) is 2.98. The number of nitrogens with one attached hydrogen (secondary N) is 1. The number of piperidine rings is 1. The van der Waals surface area contributed by atoms with E-state index in [0.717, 1.165) is 19.2 Å². The monoisotopic (exact) mass is 282 g/mol. The Kier molecular flexibility index (Phi) is 5.49. The fraction of sp³-hybridized carbons (Fsp3) is 0.625. The molecule has 1 fully saturated rings. The molecule has 2 atom stereocenters. The van der Waals surface area contributed by atoms with Gasteiger partial charge in [0.25, 0.3) is 0 Å². The molecule has 112 valence electrons. The molecule has 2 rings (SSSR count). The average molecular weight is 282 g/mol. The molecule has 1 saturated heterocycles. The zero-order valence-electron chi connectivity index (χ0n) is 12.3. The van der Waals surface area contributed by atoms with Crippen LogP contribution in [0.5, 0.6) is 0 Å². The highest BCUT2D eigenvalue weighted by Gasteiger charge is 2.22. The molecule has 0 radical (unpaired) electrons. The highest BCUT2D eigenvalue weighted by Crippen LogP contribution is 2.18. The molecule has 1 aliphatic heterocycles. The van der Waals surface area contributed by atoms with Crippen LogP contribution in [-0.2, 0) is 6.42 Å². The van der Waals surface area contributed by atoms with Gasteiger partial charge in [0.05, 0.1) is 0 Å². The molecule has 4 heteroatoms. The Balaban J connectivity index is 1.77. The summed E-state index contributed by atoms with van der Waals surface area (Å²) < 4.78 is 26.2. The molecule has 0 spiro atoms. The third-order valence-corrected chi connectivity index (χ3v) is 4.17. The quantitative estimate of drug-likeness (QED) is 0.893. The van der Waals surface area contributed by atoms with Gasteiger partial charge < -0.3 is 10.2 Å². The van der Waals surface area contributed by atoms with Gasteiger partial charge in [0.1, 0.15) is 11.6 Å². The average Bonchev–Trinajstić information content (AvgIpc) is 2.37. The molecule has 1 aliphatic rings. The number of likely N-dealkylation sites (tertiary alicyclic amines) is 1. The summed E-state index contributed by atoms with van der Waals surface area (Å²) in [4.78, 5) is 2.37. The maximum absolute atomic E-state index is 13.1. The lowest BCUT2D eigenvalue weighted by molar-refractivity contribution is 0.179. The SMILES string of the molecule is CC(NCCc1cc(F)cc(F)c1)C1CCCN(C)C1. The van der Waals surface area contributed by atoms with Crippen molar-refractivity contribution in [3.63, 3.8) is 0 Å². The summed E-state index contributed by atoms with van der Waals surface area (Å²) in [6.45, 7) is 5.27. The highest BCUT2D eigenvalue weighted by atomic mass is 19.1. The Bertz CT molecular complexity index is 416. The van der Waals surface area contributed by atoms with Crippen LogP contribution >= 0.6 is 0 Å². The minimum Gasteiger partial charge on any atom is -0.314 e. The van der Waals surface area contributed by atoms with Gasteiger partial charge in [0, 0.05) is 18.7 Å². The second-order valence-electron chi connectivity index (χ2n) is 5.94. The Morgan fingerprint density at radius 2 is 2.00 bits per heavy atom. The van der Waals surface area contributed by atoms with E-state index in [-0.39, 0.29) is 0 Å². The predicted octanol–water partition coefficient (Wildman–Crippen LogP) is 2.83. The summed E-state index contributed by atoms with van der Waals surface area (Å²) in [5.74, 6) is -0.332. The second-order valence-corrected chi connectivity index (χ2v) is 5.94. The van der Waals surface area contributed by atoms with Crippen molar-refractivity contribution in [1.82, 2.24) is 10.2 Å². The van der Waals surface area contributed by atoms with Crippen molar-refractivity contribution < 1.29 is 8.78 Å². The van der Waals surface area contributed by atoms with Crippen LogP contribution in [0.4, 0.5) is 8.78 Å². The summed E-state index contributed by atoms with van der Waals surface area (Å²) in [5.41, 5.74) is 0.711. The zero-order valence-corrected chi connectivity index (χ0v) is 12.3. The van der Waals surface area contributed by atoms with Crippen molar-refractivity contribution in [1.29, 1.82) is 0 Å². The van der Waals surface area contributed by atoms with Crippen LogP contribution in [0.25, 0.3) is 0 Å². The molecule has 0 aromatic heterocycles. The Labute approximate surface area is 120 Å². The number of nitrogens with zero attached hydrogens (tertiary/aromatic N) is 1. The van der Waals surface area contributed by atoms with Crippen LogP contribution in [0.3, 0.4) is 0 Å². The lowest BCUT2D eigenvalue weighted by atomic mass is 9.92. The minimum absolute atomic E-state index is 0.441. The first-order valence-electron chi connectivity index (χ1n) is 7.41. The zero-order chi connectivity index (χ0) is 14.5. The van der Waals surface area contributed by atoms with E-state index in [4.69, 9.17) is 0 Å². The van der Waals surface area contributed by atoms with E-state index < -0.39 is 11.6 Å². The van der Waals surface area contributed by atoms with Gasteiger partial charge in [0.2, 0.25) is 0 Å². The van der Waals surface area contributed by atoms with Gasteiger partial charge in [-0.2, -0.15) is 0 Å². The molecule has 0 aliphatic carbocycles. The van der Waals surface area contributed by atoms with E-state index in [0.29, 0.717) is 23.9 Å². The molecule has 20 heavy (non-hydrogen) atoms. The van der Waals surface area contributed by atoms with E-state index in [1.807, 2.05) is 0 Å². The summed E-state index contributed by atoms with van der Waals surface area (Å²) in [7, 11) is 2.16. The predicted molar refractivity (Wildman–Crippen MR) is 77.7 cm³/mol. The molecule has 1 heterocycles. The van der Waals surface area contributed by atoms with E-state index in [1.165, 1.54) is 31.5 Å². The molecule has 1 aromatic carbocycles. The van der Waals surface area contributed by atoms with Crippen molar-refractivity contribution in [3.05, 3.63) is 35.4 Å². The summed E-state index contributed by atoms with van der Waals surface area (Å²) in [6.07, 6.45) is 3.16. The largest absolute Gasteiger partial charge is 0.314 e. The lowest BCUT2D eigenvalue weighted by Gasteiger charge is -2.34. The molecule has 2 nitrogen and oxygen atoms in total. The van der Waals surface area contributed by atoms with Gasteiger partial charge in [-0.15, -0.1) is 0 Å². The molecule has 0 amide bonds. The van der Waals surface area contributed by atoms with Gasteiger partial charge in [-0.25, -0.2) is 8.78 Å². The Hall–Kier alpha value is -1.00. The van der Waals surface area contributed by atoms with Crippen molar-refractivity contribution in [2.75, 3.05) is 26.7 Å². The van der Waals surface area contributed by atoms with E-state index in [1.54, 1.807) is 0 Å². The van der Waals surface area contributed by atoms with Crippen LogP contribution < -0.4 is 5.32 Å². The number of hydrogen-bond donors (Lipinski definition) is 1. The maximum Gasteiger partial charge on any atom is 0.126 e. The van der Waals surface area contributed by atoms with Gasteiger partial charge >= 0.3 is 0 Å². The first-order valence-corrected chi connectivity index (χ1v) is 7.41. The number of halogens is 2. The third-order valence-electron chi connectivity index (χ3n) is 4.17. The molecular weight excluding hydrogens is 258 g/mol. The van der Waals surface area contributed by atoms with Crippen molar-refractivity contribution >= 4 is 0 Å². The van der Waals surface area contributed by atoms with Crippen molar-refractivity contribution in [3.8, 4) is 0 Å². The van der Waals surface area contributed by atoms with E-state index >= 15 is 0 Å². The first kappa shape index (κ1) is 15.4. The van der Waals surface area contributed by atoms with Gasteiger partial charge in [0.15, 0.2) is 0 Å². The smallest absolute Gasteiger partial charge is 0.126 e. The fourth-order valence-corrected chi connectivity index (χ4v) is 2.98. The van der Waals surface area contributed by atoms with Gasteiger partial charge in [-0.1, -0.05) is 0 Å². The van der Waals surface area contributed by atoms with Crippen LogP contribution in [0.1, 0.15) is 25.3 Å². The standard InChI is InChI=1S/C16H24F2N2/c1-12(14-4-3-7-20(2)11-14)19-6-5-13-8-15(17)10-16(18)9-13/h8-10,12,14,19H,3-7,11H2,1-2H3. The summed E-state index contributed by atoms with van der Waals surface area (Å²) >= 11 is 0. The van der Waals surface area contributed by atoms with E-state index in [2.05, 4.69) is 24.2 Å². The van der Waals surface area contributed by atoms with Crippen LogP contribution in [0.2, 0.25) is 0 Å². The van der Waals surface area contributed by atoms with Gasteiger partial charge in [-0.05, 0) is 69.9 Å². The van der Waals surface area contributed by atoms with Crippen LogP contribution in [0, 0.1) is 17.6 Å². The Morgan fingerprint density at radius 3 is 2.65 bits per heavy atom. The minimum atomic E-state index is -0.498. The van der Waals surface area contributed by atoms with Crippen LogP contribution in [0.15, 0.2) is 18.2 Å². The van der Waals surface area contributed by atoms with Gasteiger partial charge in [-0.3, -0.25) is 0 Å². The molecule has 0 bridgehead atoms. The molecule has 1 aromatic rings. The van der Waals surface area contributed by atoms with Crippen molar-refractivity contribution in [2.24, 2.45) is 5.92 Å². The van der Waals surface area contributed by atoms with E-state index in [9.17, 15) is 8.78 Å². The second kappa shape index (κ2) is 7.14. The Morgan fingerprint density at radius 1 is 1.30 bits per heavy atom. The summed E-state index contributed by atoms with van der Waals surface area (Å²) in [5, 5.41) is 3.49. The number of rotatable bonds is 5. The van der Waals surface area contributed by atoms with Crippen molar-refractivity contribution in [2.45, 2.75) is 32.2 Å². The number of hydrogen-bond acceptors (Lipinski definition) is 2. The summed E-state index contributed by atoms with van der Waals surface area (Å²) in [6, 6.07) is 4.17. The molecule has 0 saturated carbocycles. The molecule has 1 N–H and O–H groups in total.